The van der Waals surface area contributed by atoms with Gasteiger partial charge in [0.05, 0.1) is 12.6 Å². The number of hydrogen-bond donors (Lipinski definition) is 1. The van der Waals surface area contributed by atoms with Gasteiger partial charge in [0.25, 0.3) is 5.56 Å². The zero-order valence-corrected chi connectivity index (χ0v) is 22.2. The Morgan fingerprint density at radius 3 is 2.48 bits per heavy atom. The Morgan fingerprint density at radius 1 is 0.900 bits per heavy atom. The number of likely N-dealkylation sites (N-methyl/N-ethyl adjacent to an activating group) is 1. The summed E-state index contributed by atoms with van der Waals surface area (Å²) in [6.45, 7) is 4.13. The standard InChI is InChI=1S/C29H27N9O2/c1-35-13-15-36(16-14-35)20-8-6-19(7-9-20)32-29-31-18-23-26(34-29)33-27-22-11-10-21(40-2)17-24(22)37(38(27)28(23)39)25-5-3-4-12-30-25/h3-12,17-18H,13-16H2,1-2H3,(H,31,32,34). The number of ether oxygens (including phenoxy) is 1. The van der Waals surface area contributed by atoms with Gasteiger partial charge >= 0.3 is 0 Å². The van der Waals surface area contributed by atoms with Crippen LogP contribution in [0.3, 0.4) is 0 Å². The highest BCUT2D eigenvalue weighted by Gasteiger charge is 2.20. The van der Waals surface area contributed by atoms with Gasteiger partial charge in [0.15, 0.2) is 17.1 Å². The number of rotatable bonds is 5. The van der Waals surface area contributed by atoms with E-state index in [4.69, 9.17) is 9.72 Å². The monoisotopic (exact) mass is 533 g/mol. The fraction of sp³-hybridized carbons (Fsp3) is 0.207. The fourth-order valence-electron chi connectivity index (χ4n) is 5.15. The van der Waals surface area contributed by atoms with Gasteiger partial charge in [0.1, 0.15) is 11.1 Å². The number of aromatic nitrogens is 6. The van der Waals surface area contributed by atoms with Crippen LogP contribution in [0.5, 0.6) is 5.75 Å². The third-order valence-electron chi connectivity index (χ3n) is 7.34. The maximum atomic E-state index is 13.8. The number of nitrogens with zero attached hydrogens (tertiary/aromatic N) is 8. The molecule has 11 heteroatoms. The molecular formula is C29H27N9O2. The molecule has 0 radical (unpaired) electrons. The number of hydrogen-bond acceptors (Lipinski definition) is 9. The van der Waals surface area contributed by atoms with Crippen LogP contribution >= 0.6 is 0 Å². The molecule has 11 nitrogen and oxygen atoms in total. The second-order valence-electron chi connectivity index (χ2n) is 9.83. The van der Waals surface area contributed by atoms with Gasteiger partial charge in [-0.05, 0) is 55.6 Å². The minimum absolute atomic E-state index is 0.288. The highest BCUT2D eigenvalue weighted by atomic mass is 16.5. The zero-order valence-electron chi connectivity index (χ0n) is 22.2. The number of pyridine rings is 1. The molecule has 6 aromatic rings. The van der Waals surface area contributed by atoms with E-state index in [0.717, 1.165) is 42.8 Å². The van der Waals surface area contributed by atoms with Crippen LogP contribution in [0.15, 0.2) is 77.9 Å². The summed E-state index contributed by atoms with van der Waals surface area (Å²) >= 11 is 0. The van der Waals surface area contributed by atoms with Gasteiger partial charge in [-0.2, -0.15) is 9.50 Å². The lowest BCUT2D eigenvalue weighted by atomic mass is 10.2. The Balaban J connectivity index is 1.29. The molecule has 0 atom stereocenters. The molecule has 0 spiro atoms. The molecule has 1 fully saturated rings. The van der Waals surface area contributed by atoms with Crippen molar-refractivity contribution < 1.29 is 4.74 Å². The maximum Gasteiger partial charge on any atom is 0.284 e. The Labute approximate surface area is 229 Å². The van der Waals surface area contributed by atoms with E-state index in [1.807, 2.05) is 48.5 Å². The Morgan fingerprint density at radius 2 is 1.73 bits per heavy atom. The molecule has 0 saturated carbocycles. The Bertz CT molecular complexity index is 1910. The molecule has 4 aromatic heterocycles. The average molecular weight is 534 g/mol. The fourth-order valence-corrected chi connectivity index (χ4v) is 5.15. The lowest BCUT2D eigenvalue weighted by Crippen LogP contribution is -2.44. The van der Waals surface area contributed by atoms with E-state index < -0.39 is 0 Å². The molecule has 40 heavy (non-hydrogen) atoms. The normalized spacial score (nSPS) is 14.3. The van der Waals surface area contributed by atoms with Crippen molar-refractivity contribution in [3.05, 3.63) is 83.4 Å². The molecule has 0 unspecified atom stereocenters. The number of benzene rings is 2. The van der Waals surface area contributed by atoms with E-state index in [9.17, 15) is 4.79 Å². The molecule has 0 aliphatic carbocycles. The van der Waals surface area contributed by atoms with Crippen molar-refractivity contribution in [2.75, 3.05) is 50.6 Å². The predicted octanol–water partition coefficient (Wildman–Crippen LogP) is 3.48. The van der Waals surface area contributed by atoms with Gasteiger partial charge in [0, 0.05) is 61.4 Å². The zero-order chi connectivity index (χ0) is 27.2. The summed E-state index contributed by atoms with van der Waals surface area (Å²) in [5.41, 5.74) is 3.29. The first-order valence-electron chi connectivity index (χ1n) is 13.1. The van der Waals surface area contributed by atoms with Crippen LogP contribution in [0.4, 0.5) is 17.3 Å². The number of piperazine rings is 1. The van der Waals surface area contributed by atoms with Gasteiger partial charge < -0.3 is 19.9 Å². The first kappa shape index (κ1) is 24.0. The van der Waals surface area contributed by atoms with Gasteiger partial charge in [-0.15, -0.1) is 0 Å². The van der Waals surface area contributed by atoms with Crippen LogP contribution in [-0.4, -0.2) is 74.4 Å². The molecule has 200 valence electrons. The second kappa shape index (κ2) is 9.62. The van der Waals surface area contributed by atoms with Crippen LogP contribution in [-0.2, 0) is 0 Å². The van der Waals surface area contributed by atoms with Gasteiger partial charge in [-0.1, -0.05) is 6.07 Å². The van der Waals surface area contributed by atoms with E-state index in [1.165, 1.54) is 16.4 Å². The minimum atomic E-state index is -0.288. The van der Waals surface area contributed by atoms with Crippen molar-refractivity contribution in [3.8, 4) is 11.6 Å². The minimum Gasteiger partial charge on any atom is -0.497 e. The molecule has 0 amide bonds. The summed E-state index contributed by atoms with van der Waals surface area (Å²) in [5, 5.41) is 4.34. The SMILES string of the molecule is COc1ccc2c(c1)n(-c1ccccn1)n1c(=O)c3cnc(Nc4ccc(N5CCN(C)CC5)cc4)nc3nc21. The Hall–Kier alpha value is -5.03. The van der Waals surface area contributed by atoms with Crippen molar-refractivity contribution in [2.45, 2.75) is 0 Å². The second-order valence-corrected chi connectivity index (χ2v) is 9.83. The average Bonchev–Trinajstić information content (AvgIpc) is 3.32. The molecule has 1 saturated heterocycles. The van der Waals surface area contributed by atoms with Crippen molar-refractivity contribution >= 4 is 44.9 Å². The molecule has 7 rings (SSSR count). The molecule has 2 aromatic carbocycles. The summed E-state index contributed by atoms with van der Waals surface area (Å²) in [4.78, 5) is 36.9. The van der Waals surface area contributed by atoms with Crippen molar-refractivity contribution in [1.29, 1.82) is 0 Å². The van der Waals surface area contributed by atoms with Crippen molar-refractivity contribution in [3.63, 3.8) is 0 Å². The highest BCUT2D eigenvalue weighted by Crippen LogP contribution is 2.28. The van der Waals surface area contributed by atoms with Crippen LogP contribution < -0.4 is 20.5 Å². The number of fused-ring (bicyclic) bond motifs is 4. The van der Waals surface area contributed by atoms with E-state index in [2.05, 4.69) is 49.2 Å². The van der Waals surface area contributed by atoms with Crippen molar-refractivity contribution in [2.24, 2.45) is 0 Å². The molecule has 0 bridgehead atoms. The first-order valence-corrected chi connectivity index (χ1v) is 13.1. The van der Waals surface area contributed by atoms with Crippen LogP contribution in [0.25, 0.3) is 33.4 Å². The summed E-state index contributed by atoms with van der Waals surface area (Å²) < 4.78 is 8.72. The molecule has 1 aliphatic heterocycles. The van der Waals surface area contributed by atoms with Crippen LogP contribution in [0.1, 0.15) is 0 Å². The van der Waals surface area contributed by atoms with E-state index in [1.54, 1.807) is 18.0 Å². The molecule has 5 heterocycles. The quantitative estimate of drug-likeness (QED) is 0.357. The molecule has 1 N–H and O–H groups in total. The summed E-state index contributed by atoms with van der Waals surface area (Å²) in [6, 6.07) is 19.4. The third-order valence-corrected chi connectivity index (χ3v) is 7.34. The molecular weight excluding hydrogens is 506 g/mol. The lowest BCUT2D eigenvalue weighted by Gasteiger charge is -2.34. The largest absolute Gasteiger partial charge is 0.497 e. The third kappa shape index (κ3) is 4.07. The summed E-state index contributed by atoms with van der Waals surface area (Å²) in [6.07, 6.45) is 3.21. The van der Waals surface area contributed by atoms with Gasteiger partial charge in [0.2, 0.25) is 5.95 Å². The van der Waals surface area contributed by atoms with Crippen molar-refractivity contribution in [1.82, 2.24) is 34.0 Å². The van der Waals surface area contributed by atoms with E-state index in [-0.39, 0.29) is 5.56 Å². The predicted molar refractivity (Wildman–Crippen MR) is 155 cm³/mol. The van der Waals surface area contributed by atoms with Crippen LogP contribution in [0.2, 0.25) is 0 Å². The first-order chi connectivity index (χ1) is 19.6. The Kier molecular flexibility index (Phi) is 5.78. The molecule has 1 aliphatic rings. The topological polar surface area (TPSA) is 106 Å². The number of anilines is 3. The smallest absolute Gasteiger partial charge is 0.284 e. The summed E-state index contributed by atoms with van der Waals surface area (Å²) in [5.74, 6) is 1.61. The van der Waals surface area contributed by atoms with E-state index >= 15 is 0 Å². The van der Waals surface area contributed by atoms with Gasteiger partial charge in [-0.25, -0.2) is 19.6 Å². The lowest BCUT2D eigenvalue weighted by molar-refractivity contribution is 0.313. The highest BCUT2D eigenvalue weighted by molar-refractivity contribution is 5.96. The maximum absolute atomic E-state index is 13.8. The summed E-state index contributed by atoms with van der Waals surface area (Å²) in [7, 11) is 3.76. The number of nitrogens with one attached hydrogen (secondary N) is 1. The van der Waals surface area contributed by atoms with Crippen LogP contribution in [0, 0.1) is 0 Å². The van der Waals surface area contributed by atoms with E-state index in [0.29, 0.717) is 34.2 Å². The number of methoxy groups -OCH3 is 1. The van der Waals surface area contributed by atoms with Gasteiger partial charge in [-0.3, -0.25) is 4.79 Å².